The molecule has 0 saturated heterocycles. The molecule has 0 amide bonds. The first-order chi connectivity index (χ1) is 8.67. The van der Waals surface area contributed by atoms with E-state index in [0.29, 0.717) is 24.0 Å². The molecule has 1 aromatic rings. The van der Waals surface area contributed by atoms with Crippen LogP contribution in [0.25, 0.3) is 0 Å². The minimum absolute atomic E-state index is 0.0192. The maximum atomic E-state index is 13.0. The van der Waals surface area contributed by atoms with E-state index in [1.807, 2.05) is 0 Å². The van der Waals surface area contributed by atoms with Crippen molar-refractivity contribution in [1.29, 1.82) is 0 Å². The van der Waals surface area contributed by atoms with Crippen LogP contribution >= 0.6 is 0 Å². The van der Waals surface area contributed by atoms with Gasteiger partial charge in [-0.3, -0.25) is 4.79 Å². The maximum absolute atomic E-state index is 13.0. The van der Waals surface area contributed by atoms with Crippen LogP contribution in [0.5, 0.6) is 0 Å². The van der Waals surface area contributed by atoms with Crippen molar-refractivity contribution in [3.8, 4) is 0 Å². The molecular formula is C16H21FO. The highest BCUT2D eigenvalue weighted by atomic mass is 19.1. The van der Waals surface area contributed by atoms with Crippen molar-refractivity contribution in [2.75, 3.05) is 0 Å². The average molecular weight is 248 g/mol. The molecule has 1 saturated carbocycles. The zero-order chi connectivity index (χ0) is 13.1. The summed E-state index contributed by atoms with van der Waals surface area (Å²) in [6, 6.07) is 6.48. The van der Waals surface area contributed by atoms with Gasteiger partial charge in [-0.25, -0.2) is 4.39 Å². The molecular weight excluding hydrogens is 227 g/mol. The van der Waals surface area contributed by atoms with Crippen LogP contribution in [0.15, 0.2) is 24.3 Å². The van der Waals surface area contributed by atoms with Gasteiger partial charge in [-0.1, -0.05) is 38.8 Å². The highest BCUT2D eigenvalue weighted by Gasteiger charge is 2.37. The summed E-state index contributed by atoms with van der Waals surface area (Å²) < 4.78 is 13.0. The average Bonchev–Trinajstić information content (AvgIpc) is 2.39. The maximum Gasteiger partial charge on any atom is 0.140 e. The normalized spacial score (nSPS) is 28.4. The molecule has 0 aliphatic heterocycles. The van der Waals surface area contributed by atoms with Crippen LogP contribution in [0.4, 0.5) is 4.39 Å². The Kier molecular flexibility index (Phi) is 4.15. The number of rotatable bonds is 3. The van der Waals surface area contributed by atoms with E-state index in [1.54, 1.807) is 12.1 Å². The fourth-order valence-electron chi connectivity index (χ4n) is 3.39. The fourth-order valence-corrected chi connectivity index (χ4v) is 3.39. The van der Waals surface area contributed by atoms with E-state index >= 15 is 0 Å². The van der Waals surface area contributed by atoms with Crippen LogP contribution in [0.2, 0.25) is 0 Å². The Bertz CT molecular complexity index is 410. The van der Waals surface area contributed by atoms with Gasteiger partial charge in [-0.15, -0.1) is 0 Å². The van der Waals surface area contributed by atoms with Gasteiger partial charge in [0.2, 0.25) is 0 Å². The van der Waals surface area contributed by atoms with Gasteiger partial charge in [0.05, 0.1) is 0 Å². The Balaban J connectivity index is 2.31. The molecule has 3 atom stereocenters. The third-order valence-corrected chi connectivity index (χ3v) is 4.37. The number of Topliss-reactive ketones (excluding diaryl/α,β-unsaturated/α-hetero) is 1. The van der Waals surface area contributed by atoms with Crippen molar-refractivity contribution in [2.24, 2.45) is 11.8 Å². The molecule has 98 valence electrons. The molecule has 1 fully saturated rings. The third-order valence-electron chi connectivity index (χ3n) is 4.37. The van der Waals surface area contributed by atoms with Gasteiger partial charge < -0.3 is 0 Å². The monoisotopic (exact) mass is 248 g/mol. The first-order valence-corrected chi connectivity index (χ1v) is 6.95. The van der Waals surface area contributed by atoms with Crippen LogP contribution in [-0.2, 0) is 4.79 Å². The highest BCUT2D eigenvalue weighted by molar-refractivity contribution is 5.86. The van der Waals surface area contributed by atoms with E-state index in [2.05, 4.69) is 13.8 Å². The molecule has 0 radical (unpaired) electrons. The molecule has 0 aromatic heterocycles. The summed E-state index contributed by atoms with van der Waals surface area (Å²) in [5.41, 5.74) is 0.992. The number of ketones is 1. The van der Waals surface area contributed by atoms with Gasteiger partial charge in [0.15, 0.2) is 0 Å². The predicted octanol–water partition coefficient (Wildman–Crippen LogP) is 4.32. The number of carbonyl (C=O) groups excluding carboxylic acids is 1. The van der Waals surface area contributed by atoms with E-state index in [-0.39, 0.29) is 11.7 Å². The van der Waals surface area contributed by atoms with Gasteiger partial charge in [0.1, 0.15) is 11.6 Å². The summed E-state index contributed by atoms with van der Waals surface area (Å²) in [5.74, 6) is 1.12. The van der Waals surface area contributed by atoms with E-state index in [1.165, 1.54) is 12.1 Å². The number of carbonyl (C=O) groups is 1. The van der Waals surface area contributed by atoms with Gasteiger partial charge in [0.25, 0.3) is 0 Å². The van der Waals surface area contributed by atoms with E-state index < -0.39 is 0 Å². The van der Waals surface area contributed by atoms with Gasteiger partial charge >= 0.3 is 0 Å². The Morgan fingerprint density at radius 1 is 1.17 bits per heavy atom. The molecule has 18 heavy (non-hydrogen) atoms. The number of hydrogen-bond acceptors (Lipinski definition) is 1. The van der Waals surface area contributed by atoms with E-state index in [0.717, 1.165) is 24.8 Å². The van der Waals surface area contributed by atoms with Crippen LogP contribution in [0.1, 0.15) is 51.0 Å². The summed E-state index contributed by atoms with van der Waals surface area (Å²) in [5, 5.41) is 0. The van der Waals surface area contributed by atoms with Crippen molar-refractivity contribution in [3.63, 3.8) is 0 Å². The molecule has 2 heteroatoms. The Morgan fingerprint density at radius 2 is 1.83 bits per heavy atom. The van der Waals surface area contributed by atoms with Crippen molar-refractivity contribution >= 4 is 5.78 Å². The molecule has 0 heterocycles. The second kappa shape index (κ2) is 5.64. The molecule has 1 aliphatic carbocycles. The lowest BCUT2D eigenvalue weighted by Gasteiger charge is -2.36. The Morgan fingerprint density at radius 3 is 2.39 bits per heavy atom. The Labute approximate surface area is 108 Å². The second-order valence-corrected chi connectivity index (χ2v) is 5.27. The molecule has 0 spiro atoms. The van der Waals surface area contributed by atoms with E-state index in [9.17, 15) is 9.18 Å². The zero-order valence-electron chi connectivity index (χ0n) is 11.2. The number of benzene rings is 1. The highest BCUT2D eigenvalue weighted by Crippen LogP contribution is 2.42. The van der Waals surface area contributed by atoms with Crippen LogP contribution in [0.3, 0.4) is 0 Å². The molecule has 2 rings (SSSR count). The number of halogens is 1. The first-order valence-electron chi connectivity index (χ1n) is 6.95. The minimum atomic E-state index is -0.234. The summed E-state index contributed by atoms with van der Waals surface area (Å²) in [4.78, 5) is 12.2. The largest absolute Gasteiger partial charge is 0.299 e. The van der Waals surface area contributed by atoms with Crippen molar-refractivity contribution < 1.29 is 9.18 Å². The molecule has 1 nitrogen and oxygen atoms in total. The lowest BCUT2D eigenvalue weighted by molar-refractivity contribution is -0.125. The zero-order valence-corrected chi connectivity index (χ0v) is 11.2. The summed E-state index contributed by atoms with van der Waals surface area (Å²) in [7, 11) is 0. The molecule has 1 aromatic carbocycles. The molecule has 0 N–H and O–H groups in total. The quantitative estimate of drug-likeness (QED) is 0.778. The number of hydrogen-bond donors (Lipinski definition) is 0. The SMILES string of the molecule is CC[C@@H]1CCC(=O)[C@H](c2ccc(F)cc2)[C@H]1CC. The lowest BCUT2D eigenvalue weighted by Crippen LogP contribution is -2.32. The summed E-state index contributed by atoms with van der Waals surface area (Å²) >= 11 is 0. The van der Waals surface area contributed by atoms with E-state index in [4.69, 9.17) is 0 Å². The topological polar surface area (TPSA) is 17.1 Å². The first kappa shape index (κ1) is 13.3. The third kappa shape index (κ3) is 2.47. The van der Waals surface area contributed by atoms with Crippen molar-refractivity contribution in [2.45, 2.75) is 45.4 Å². The van der Waals surface area contributed by atoms with Crippen LogP contribution in [0, 0.1) is 17.7 Å². The smallest absolute Gasteiger partial charge is 0.140 e. The predicted molar refractivity (Wildman–Crippen MR) is 70.9 cm³/mol. The standard InChI is InChI=1S/C16H21FO/c1-3-11-7-10-15(18)16(14(11)4-2)12-5-8-13(17)9-6-12/h5-6,8-9,11,14,16H,3-4,7,10H2,1-2H3/t11-,14+,16-/m1/s1. The summed E-state index contributed by atoms with van der Waals surface area (Å²) in [6.45, 7) is 4.35. The Hall–Kier alpha value is -1.18. The molecule has 0 unspecified atom stereocenters. The van der Waals surface area contributed by atoms with Gasteiger partial charge in [0, 0.05) is 12.3 Å². The molecule has 0 bridgehead atoms. The van der Waals surface area contributed by atoms with Gasteiger partial charge in [-0.2, -0.15) is 0 Å². The summed E-state index contributed by atoms with van der Waals surface area (Å²) in [6.07, 6.45) is 3.85. The van der Waals surface area contributed by atoms with Gasteiger partial charge in [-0.05, 0) is 36.0 Å². The van der Waals surface area contributed by atoms with Crippen molar-refractivity contribution in [1.82, 2.24) is 0 Å². The minimum Gasteiger partial charge on any atom is -0.299 e. The lowest BCUT2D eigenvalue weighted by atomic mass is 9.67. The fraction of sp³-hybridized carbons (Fsp3) is 0.562. The van der Waals surface area contributed by atoms with Crippen LogP contribution < -0.4 is 0 Å². The van der Waals surface area contributed by atoms with Crippen LogP contribution in [-0.4, -0.2) is 5.78 Å². The second-order valence-electron chi connectivity index (χ2n) is 5.27. The molecule has 1 aliphatic rings. The van der Waals surface area contributed by atoms with Crippen molar-refractivity contribution in [3.05, 3.63) is 35.6 Å².